The fraction of sp³-hybridized carbons (Fsp3) is 0.800. The van der Waals surface area contributed by atoms with Crippen molar-refractivity contribution in [2.24, 2.45) is 7.05 Å². The maximum absolute atomic E-state index is 8.99. The molecule has 1 fully saturated rings. The molecule has 0 aromatic carbocycles. The number of hydrogen-bond acceptors (Lipinski definition) is 4. The van der Waals surface area contributed by atoms with Gasteiger partial charge in [0.25, 0.3) is 0 Å². The minimum absolute atomic E-state index is 0.266. The summed E-state index contributed by atoms with van der Waals surface area (Å²) in [5, 5.41) is 13.6. The number of aliphatic hydroxyl groups is 1. The summed E-state index contributed by atoms with van der Waals surface area (Å²) in [4.78, 5) is 4.85. The van der Waals surface area contributed by atoms with Gasteiger partial charge in [0, 0.05) is 57.6 Å². The van der Waals surface area contributed by atoms with Crippen LogP contribution < -0.4 is 0 Å². The van der Waals surface area contributed by atoms with E-state index in [1.165, 1.54) is 17.0 Å². The fourth-order valence-electron chi connectivity index (χ4n) is 3.11. The van der Waals surface area contributed by atoms with Crippen molar-refractivity contribution in [3.05, 3.63) is 17.0 Å². The van der Waals surface area contributed by atoms with Gasteiger partial charge < -0.3 is 5.11 Å². The smallest absolute Gasteiger partial charge is 0.0669 e. The Kier molecular flexibility index (Phi) is 5.57. The van der Waals surface area contributed by atoms with Gasteiger partial charge >= 0.3 is 0 Å². The van der Waals surface area contributed by atoms with Crippen molar-refractivity contribution in [2.75, 3.05) is 39.3 Å². The number of nitrogens with zero attached hydrogens (tertiary/aromatic N) is 4. The molecule has 1 N–H and O–H groups in total. The van der Waals surface area contributed by atoms with Gasteiger partial charge in [-0.15, -0.1) is 0 Å². The summed E-state index contributed by atoms with van der Waals surface area (Å²) in [6, 6.07) is 0. The molecule has 2 rings (SSSR count). The molecule has 0 radical (unpaired) electrons. The SMILES string of the molecule is CCc1nn(C)c(CC)c1CN1CCN(CCO)CC1. The van der Waals surface area contributed by atoms with Crippen molar-refractivity contribution in [1.29, 1.82) is 0 Å². The zero-order valence-electron chi connectivity index (χ0n) is 13.1. The average molecular weight is 280 g/mol. The zero-order chi connectivity index (χ0) is 14.5. The second-order valence-electron chi connectivity index (χ2n) is 5.54. The maximum Gasteiger partial charge on any atom is 0.0669 e. The van der Waals surface area contributed by atoms with E-state index >= 15 is 0 Å². The first-order valence-corrected chi connectivity index (χ1v) is 7.78. The molecule has 20 heavy (non-hydrogen) atoms. The van der Waals surface area contributed by atoms with Crippen LogP contribution in [0.4, 0.5) is 0 Å². The van der Waals surface area contributed by atoms with Crippen LogP contribution in [0.2, 0.25) is 0 Å². The standard InChI is InChI=1S/C15H28N4O/c1-4-14-13(15(5-2)17(3)16-14)12-19-8-6-18(7-9-19)10-11-20/h20H,4-12H2,1-3H3. The second-order valence-corrected chi connectivity index (χ2v) is 5.54. The Morgan fingerprint density at radius 2 is 1.70 bits per heavy atom. The molecule has 5 heteroatoms. The van der Waals surface area contributed by atoms with Crippen molar-refractivity contribution in [2.45, 2.75) is 33.2 Å². The van der Waals surface area contributed by atoms with E-state index in [4.69, 9.17) is 5.11 Å². The molecule has 0 amide bonds. The summed E-state index contributed by atoms with van der Waals surface area (Å²) < 4.78 is 2.05. The molecule has 0 atom stereocenters. The molecule has 1 aromatic heterocycles. The van der Waals surface area contributed by atoms with Crippen molar-refractivity contribution in [1.82, 2.24) is 19.6 Å². The van der Waals surface area contributed by atoms with Gasteiger partial charge in [0.15, 0.2) is 0 Å². The van der Waals surface area contributed by atoms with Crippen molar-refractivity contribution in [3.8, 4) is 0 Å². The maximum atomic E-state index is 8.99. The fourth-order valence-corrected chi connectivity index (χ4v) is 3.11. The lowest BCUT2D eigenvalue weighted by Crippen LogP contribution is -2.46. The van der Waals surface area contributed by atoms with Gasteiger partial charge in [0.2, 0.25) is 0 Å². The average Bonchev–Trinajstić information content (AvgIpc) is 2.76. The normalized spacial score (nSPS) is 17.8. The summed E-state index contributed by atoms with van der Waals surface area (Å²) in [6.45, 7) is 10.8. The molecular formula is C15H28N4O. The number of rotatable bonds is 6. The predicted molar refractivity (Wildman–Crippen MR) is 80.8 cm³/mol. The van der Waals surface area contributed by atoms with E-state index in [1.807, 2.05) is 0 Å². The van der Waals surface area contributed by atoms with Crippen LogP contribution in [0.15, 0.2) is 0 Å². The Morgan fingerprint density at radius 3 is 2.25 bits per heavy atom. The highest BCUT2D eigenvalue weighted by Crippen LogP contribution is 2.18. The second kappa shape index (κ2) is 7.20. The monoisotopic (exact) mass is 280 g/mol. The Hall–Kier alpha value is -0.910. The lowest BCUT2D eigenvalue weighted by molar-refractivity contribution is 0.108. The highest BCUT2D eigenvalue weighted by molar-refractivity contribution is 5.26. The Balaban J connectivity index is 2.00. The van der Waals surface area contributed by atoms with E-state index in [0.717, 1.165) is 52.1 Å². The Bertz CT molecular complexity index is 422. The largest absolute Gasteiger partial charge is 0.395 e. The van der Waals surface area contributed by atoms with Crippen molar-refractivity contribution < 1.29 is 5.11 Å². The summed E-state index contributed by atoms with van der Waals surface area (Å²) >= 11 is 0. The third kappa shape index (κ3) is 3.40. The molecule has 1 aromatic rings. The first kappa shape index (κ1) is 15.5. The van der Waals surface area contributed by atoms with Gasteiger partial charge in [0.05, 0.1) is 12.3 Å². The van der Waals surface area contributed by atoms with Gasteiger partial charge in [-0.3, -0.25) is 14.5 Å². The molecule has 0 spiro atoms. The van der Waals surface area contributed by atoms with Gasteiger partial charge in [0.1, 0.15) is 0 Å². The molecule has 1 saturated heterocycles. The minimum Gasteiger partial charge on any atom is -0.395 e. The molecule has 0 unspecified atom stereocenters. The zero-order valence-corrected chi connectivity index (χ0v) is 13.1. The van der Waals surface area contributed by atoms with Crippen LogP contribution in [-0.4, -0.2) is 64.0 Å². The van der Waals surface area contributed by atoms with Crippen LogP contribution in [0, 0.1) is 0 Å². The topological polar surface area (TPSA) is 44.5 Å². The van der Waals surface area contributed by atoms with Crippen LogP contribution in [0.5, 0.6) is 0 Å². The number of piperazine rings is 1. The van der Waals surface area contributed by atoms with Crippen LogP contribution >= 0.6 is 0 Å². The first-order valence-electron chi connectivity index (χ1n) is 7.78. The van der Waals surface area contributed by atoms with E-state index in [1.54, 1.807) is 0 Å². The van der Waals surface area contributed by atoms with E-state index in [0.29, 0.717) is 0 Å². The van der Waals surface area contributed by atoms with Crippen molar-refractivity contribution in [3.63, 3.8) is 0 Å². The minimum atomic E-state index is 0.266. The summed E-state index contributed by atoms with van der Waals surface area (Å²) in [7, 11) is 2.06. The third-order valence-electron chi connectivity index (χ3n) is 4.29. The highest BCUT2D eigenvalue weighted by Gasteiger charge is 2.20. The lowest BCUT2D eigenvalue weighted by Gasteiger charge is -2.34. The quantitative estimate of drug-likeness (QED) is 0.831. The molecule has 0 aliphatic carbocycles. The number of aromatic nitrogens is 2. The molecule has 2 heterocycles. The molecule has 1 aliphatic heterocycles. The number of aryl methyl sites for hydroxylation is 2. The number of aliphatic hydroxyl groups excluding tert-OH is 1. The van der Waals surface area contributed by atoms with Crippen LogP contribution in [0.25, 0.3) is 0 Å². The van der Waals surface area contributed by atoms with E-state index in [2.05, 4.69) is 40.5 Å². The van der Waals surface area contributed by atoms with Crippen LogP contribution in [-0.2, 0) is 26.4 Å². The van der Waals surface area contributed by atoms with E-state index in [-0.39, 0.29) is 6.61 Å². The number of hydrogen-bond donors (Lipinski definition) is 1. The van der Waals surface area contributed by atoms with Gasteiger partial charge in [-0.05, 0) is 12.8 Å². The number of β-amino-alcohol motifs (C(OH)–C–C–N with tert-alkyl or cyclic N) is 1. The lowest BCUT2D eigenvalue weighted by atomic mass is 10.1. The first-order chi connectivity index (χ1) is 9.69. The van der Waals surface area contributed by atoms with Crippen molar-refractivity contribution >= 4 is 0 Å². The summed E-state index contributed by atoms with van der Waals surface area (Å²) in [5.74, 6) is 0. The Labute approximate surface area is 122 Å². The highest BCUT2D eigenvalue weighted by atomic mass is 16.3. The summed E-state index contributed by atoms with van der Waals surface area (Å²) in [6.07, 6.45) is 2.05. The van der Waals surface area contributed by atoms with E-state index in [9.17, 15) is 0 Å². The molecule has 114 valence electrons. The Morgan fingerprint density at radius 1 is 1.05 bits per heavy atom. The van der Waals surface area contributed by atoms with Crippen LogP contribution in [0.1, 0.15) is 30.8 Å². The van der Waals surface area contributed by atoms with Gasteiger partial charge in [-0.2, -0.15) is 5.10 Å². The van der Waals surface area contributed by atoms with Crippen LogP contribution in [0.3, 0.4) is 0 Å². The molecule has 5 nitrogen and oxygen atoms in total. The van der Waals surface area contributed by atoms with Gasteiger partial charge in [-0.1, -0.05) is 13.8 Å². The molecule has 0 saturated carbocycles. The third-order valence-corrected chi connectivity index (χ3v) is 4.29. The molecule has 0 bridgehead atoms. The molecular weight excluding hydrogens is 252 g/mol. The summed E-state index contributed by atoms with van der Waals surface area (Å²) in [5.41, 5.74) is 4.06. The molecule has 1 aliphatic rings. The predicted octanol–water partition coefficient (Wildman–Crippen LogP) is 0.655. The van der Waals surface area contributed by atoms with E-state index < -0.39 is 0 Å². The van der Waals surface area contributed by atoms with Gasteiger partial charge in [-0.25, -0.2) is 0 Å².